The highest BCUT2D eigenvalue weighted by Gasteiger charge is 2.34. The molecule has 92 valence electrons. The Morgan fingerprint density at radius 3 is 2.59 bits per heavy atom. The fourth-order valence-corrected chi connectivity index (χ4v) is 1.94. The molecule has 17 heavy (non-hydrogen) atoms. The van der Waals surface area contributed by atoms with Crippen LogP contribution in [-0.2, 0) is 4.79 Å². The van der Waals surface area contributed by atoms with Crippen LogP contribution in [0.2, 0.25) is 0 Å². The second-order valence-corrected chi connectivity index (χ2v) is 4.68. The van der Waals surface area contributed by atoms with E-state index in [0.717, 1.165) is 24.8 Å². The molecule has 0 heterocycles. The Balaban J connectivity index is 1.87. The van der Waals surface area contributed by atoms with Gasteiger partial charge in [0, 0.05) is 6.54 Å². The summed E-state index contributed by atoms with van der Waals surface area (Å²) >= 11 is 0. The van der Waals surface area contributed by atoms with Gasteiger partial charge in [-0.3, -0.25) is 4.79 Å². The van der Waals surface area contributed by atoms with Gasteiger partial charge in [-0.15, -0.1) is 0 Å². The van der Waals surface area contributed by atoms with Crippen LogP contribution in [0.5, 0.6) is 0 Å². The summed E-state index contributed by atoms with van der Waals surface area (Å²) in [7, 11) is 0. The van der Waals surface area contributed by atoms with E-state index in [0.29, 0.717) is 6.54 Å². The van der Waals surface area contributed by atoms with Gasteiger partial charge < -0.3 is 16.2 Å². The standard InChI is InChI=1S/C13H18N2O2/c14-11(10-5-2-1-3-6-10)12(16)15-9-13(17)7-4-8-13/h1-3,5-6,11,17H,4,7-9,14H2,(H,15,16). The largest absolute Gasteiger partial charge is 0.388 e. The number of hydrogen-bond acceptors (Lipinski definition) is 3. The van der Waals surface area contributed by atoms with Gasteiger partial charge in [0.25, 0.3) is 0 Å². The normalized spacial score (nSPS) is 19.2. The highest BCUT2D eigenvalue weighted by atomic mass is 16.3. The predicted molar refractivity (Wildman–Crippen MR) is 65.2 cm³/mol. The molecule has 0 bridgehead atoms. The number of aliphatic hydroxyl groups is 1. The first-order valence-corrected chi connectivity index (χ1v) is 5.91. The molecular formula is C13H18N2O2. The van der Waals surface area contributed by atoms with Crippen LogP contribution in [0.4, 0.5) is 0 Å². The van der Waals surface area contributed by atoms with Crippen molar-refractivity contribution in [3.8, 4) is 0 Å². The first kappa shape index (κ1) is 12.1. The molecule has 2 rings (SSSR count). The van der Waals surface area contributed by atoms with Crippen molar-refractivity contribution in [1.82, 2.24) is 5.32 Å². The Bertz CT molecular complexity index is 388. The summed E-state index contributed by atoms with van der Waals surface area (Å²) in [6.45, 7) is 0.298. The molecule has 0 spiro atoms. The highest BCUT2D eigenvalue weighted by molar-refractivity contribution is 5.82. The minimum Gasteiger partial charge on any atom is -0.388 e. The smallest absolute Gasteiger partial charge is 0.241 e. The molecule has 0 saturated heterocycles. The zero-order valence-electron chi connectivity index (χ0n) is 9.73. The van der Waals surface area contributed by atoms with E-state index in [4.69, 9.17) is 5.73 Å². The van der Waals surface area contributed by atoms with Gasteiger partial charge in [0.2, 0.25) is 5.91 Å². The average Bonchev–Trinajstić information content (AvgIpc) is 2.33. The molecule has 1 aromatic carbocycles. The topological polar surface area (TPSA) is 75.4 Å². The molecule has 4 N–H and O–H groups in total. The van der Waals surface area contributed by atoms with Crippen molar-refractivity contribution in [2.45, 2.75) is 30.9 Å². The van der Waals surface area contributed by atoms with E-state index in [1.165, 1.54) is 0 Å². The van der Waals surface area contributed by atoms with Crippen LogP contribution in [0.3, 0.4) is 0 Å². The summed E-state index contributed by atoms with van der Waals surface area (Å²) in [6, 6.07) is 8.56. The van der Waals surface area contributed by atoms with Crippen LogP contribution in [0.25, 0.3) is 0 Å². The third kappa shape index (κ3) is 2.84. The molecule has 0 radical (unpaired) electrons. The SMILES string of the molecule is NC(C(=O)NCC1(O)CCC1)c1ccccc1. The zero-order valence-corrected chi connectivity index (χ0v) is 9.73. The molecule has 4 heteroatoms. The number of amides is 1. The van der Waals surface area contributed by atoms with Crippen molar-refractivity contribution in [3.63, 3.8) is 0 Å². The van der Waals surface area contributed by atoms with Gasteiger partial charge in [0.1, 0.15) is 6.04 Å². The average molecular weight is 234 g/mol. The van der Waals surface area contributed by atoms with Crippen LogP contribution < -0.4 is 11.1 Å². The van der Waals surface area contributed by atoms with Crippen LogP contribution in [0, 0.1) is 0 Å². The molecule has 1 saturated carbocycles. The van der Waals surface area contributed by atoms with Crippen LogP contribution in [0.1, 0.15) is 30.9 Å². The van der Waals surface area contributed by atoms with Gasteiger partial charge in [0.05, 0.1) is 5.60 Å². The maximum absolute atomic E-state index is 11.8. The molecule has 0 aliphatic heterocycles. The summed E-state index contributed by atoms with van der Waals surface area (Å²) < 4.78 is 0. The first-order chi connectivity index (χ1) is 8.11. The van der Waals surface area contributed by atoms with Crippen molar-refractivity contribution in [2.75, 3.05) is 6.54 Å². The van der Waals surface area contributed by atoms with Crippen LogP contribution >= 0.6 is 0 Å². The number of nitrogens with one attached hydrogen (secondary N) is 1. The maximum atomic E-state index is 11.8. The van der Waals surface area contributed by atoms with E-state index >= 15 is 0 Å². The third-order valence-electron chi connectivity index (χ3n) is 3.32. The van der Waals surface area contributed by atoms with Crippen molar-refractivity contribution >= 4 is 5.91 Å². The molecule has 1 fully saturated rings. The van der Waals surface area contributed by atoms with Crippen molar-refractivity contribution < 1.29 is 9.90 Å². The lowest BCUT2D eigenvalue weighted by molar-refractivity contribution is -0.124. The lowest BCUT2D eigenvalue weighted by Crippen LogP contribution is -2.49. The van der Waals surface area contributed by atoms with Gasteiger partial charge in [-0.05, 0) is 24.8 Å². The molecule has 1 aliphatic rings. The third-order valence-corrected chi connectivity index (χ3v) is 3.32. The molecule has 1 aromatic rings. The van der Waals surface area contributed by atoms with Gasteiger partial charge in [-0.1, -0.05) is 30.3 Å². The quantitative estimate of drug-likeness (QED) is 0.718. The number of carbonyl (C=O) groups is 1. The molecule has 1 aliphatic carbocycles. The number of hydrogen-bond donors (Lipinski definition) is 3. The Morgan fingerprint density at radius 2 is 2.06 bits per heavy atom. The summed E-state index contributed by atoms with van der Waals surface area (Å²) in [6.07, 6.45) is 2.54. The van der Waals surface area contributed by atoms with Gasteiger partial charge in [-0.2, -0.15) is 0 Å². The second-order valence-electron chi connectivity index (χ2n) is 4.68. The summed E-state index contributed by atoms with van der Waals surface area (Å²) in [5.41, 5.74) is 5.91. The Morgan fingerprint density at radius 1 is 1.41 bits per heavy atom. The van der Waals surface area contributed by atoms with Crippen molar-refractivity contribution in [1.29, 1.82) is 0 Å². The number of nitrogens with two attached hydrogens (primary N) is 1. The Hall–Kier alpha value is -1.39. The number of carbonyl (C=O) groups excluding carboxylic acids is 1. The van der Waals surface area contributed by atoms with E-state index < -0.39 is 11.6 Å². The van der Waals surface area contributed by atoms with Gasteiger partial charge >= 0.3 is 0 Å². The lowest BCUT2D eigenvalue weighted by atomic mass is 9.80. The van der Waals surface area contributed by atoms with E-state index in [1.54, 1.807) is 0 Å². The van der Waals surface area contributed by atoms with Gasteiger partial charge in [0.15, 0.2) is 0 Å². The summed E-state index contributed by atoms with van der Waals surface area (Å²) in [5, 5.41) is 12.6. The number of rotatable bonds is 4. The molecule has 1 unspecified atom stereocenters. The van der Waals surface area contributed by atoms with E-state index in [9.17, 15) is 9.90 Å². The van der Waals surface area contributed by atoms with E-state index in [2.05, 4.69) is 5.32 Å². The monoisotopic (exact) mass is 234 g/mol. The molecule has 1 amide bonds. The number of benzene rings is 1. The maximum Gasteiger partial charge on any atom is 0.241 e. The predicted octanol–water partition coefficient (Wildman–Crippen LogP) is 0.718. The Labute approximate surface area is 101 Å². The second kappa shape index (κ2) is 4.85. The highest BCUT2D eigenvalue weighted by Crippen LogP contribution is 2.30. The van der Waals surface area contributed by atoms with Crippen LogP contribution in [0.15, 0.2) is 30.3 Å². The minimum absolute atomic E-state index is 0.239. The van der Waals surface area contributed by atoms with E-state index in [1.807, 2.05) is 30.3 Å². The molecule has 4 nitrogen and oxygen atoms in total. The van der Waals surface area contributed by atoms with E-state index in [-0.39, 0.29) is 5.91 Å². The van der Waals surface area contributed by atoms with Crippen LogP contribution in [-0.4, -0.2) is 23.2 Å². The Kier molecular flexibility index (Phi) is 3.45. The van der Waals surface area contributed by atoms with Gasteiger partial charge in [-0.25, -0.2) is 0 Å². The summed E-state index contributed by atoms with van der Waals surface area (Å²) in [4.78, 5) is 11.8. The minimum atomic E-state index is -0.702. The molecule has 0 aromatic heterocycles. The fraction of sp³-hybridized carbons (Fsp3) is 0.462. The first-order valence-electron chi connectivity index (χ1n) is 5.91. The van der Waals surface area contributed by atoms with Crippen molar-refractivity contribution in [3.05, 3.63) is 35.9 Å². The zero-order chi connectivity index (χ0) is 12.3. The lowest BCUT2D eigenvalue weighted by Gasteiger charge is -2.36. The summed E-state index contributed by atoms with van der Waals surface area (Å²) in [5.74, 6) is -0.239. The molecule has 1 atom stereocenters. The fourth-order valence-electron chi connectivity index (χ4n) is 1.94. The molecular weight excluding hydrogens is 216 g/mol. The van der Waals surface area contributed by atoms with Crippen molar-refractivity contribution in [2.24, 2.45) is 5.73 Å².